The highest BCUT2D eigenvalue weighted by Gasteiger charge is 2.20. The number of rotatable bonds is 1. The molecule has 2 rings (SSSR count). The number of hydrogen-bond donors (Lipinski definition) is 0. The summed E-state index contributed by atoms with van der Waals surface area (Å²) in [5.41, 5.74) is 2.57. The van der Waals surface area contributed by atoms with Gasteiger partial charge in [0.15, 0.2) is 11.6 Å². The molecule has 2 heteroatoms. The molecule has 0 aliphatic heterocycles. The molecular weight excluding hydrogens is 203 g/mol. The zero-order chi connectivity index (χ0) is 11.9. The van der Waals surface area contributed by atoms with Crippen molar-refractivity contribution in [2.24, 2.45) is 0 Å². The van der Waals surface area contributed by atoms with E-state index in [-0.39, 0.29) is 11.4 Å². The van der Waals surface area contributed by atoms with Gasteiger partial charge in [-0.15, -0.1) is 0 Å². The Morgan fingerprint density at radius 3 is 2.56 bits per heavy atom. The summed E-state index contributed by atoms with van der Waals surface area (Å²) in [5.74, 6) is 0.112. The number of allylic oxidation sites excluding steroid dienone is 1. The second kappa shape index (κ2) is 3.62. The van der Waals surface area contributed by atoms with Gasteiger partial charge in [0.25, 0.3) is 0 Å². The number of fused-ring (bicyclic) bond motifs is 1. The van der Waals surface area contributed by atoms with Gasteiger partial charge >= 0.3 is 0 Å². The standard InChI is InChI=1S/C14H17FO/c1-9-7-10-5-6-12(16-14(2,3)4)13(15)11(10)8-9/h5-6,8H,7H2,1-4H3. The Labute approximate surface area is 95.9 Å². The largest absolute Gasteiger partial charge is 0.485 e. The van der Waals surface area contributed by atoms with E-state index in [0.29, 0.717) is 11.3 Å². The van der Waals surface area contributed by atoms with Crippen molar-refractivity contribution >= 4 is 6.08 Å². The Balaban J connectivity index is 2.40. The highest BCUT2D eigenvalue weighted by molar-refractivity contribution is 5.65. The molecule has 1 aliphatic rings. The monoisotopic (exact) mass is 220 g/mol. The molecule has 86 valence electrons. The molecule has 16 heavy (non-hydrogen) atoms. The molecular formula is C14H17FO. The molecule has 0 fully saturated rings. The third-order valence-corrected chi connectivity index (χ3v) is 2.51. The lowest BCUT2D eigenvalue weighted by Gasteiger charge is -2.22. The van der Waals surface area contributed by atoms with E-state index in [1.54, 1.807) is 6.07 Å². The maximum Gasteiger partial charge on any atom is 0.172 e. The lowest BCUT2D eigenvalue weighted by molar-refractivity contribution is 0.124. The molecule has 0 N–H and O–H groups in total. The van der Waals surface area contributed by atoms with Gasteiger partial charge in [0.2, 0.25) is 0 Å². The predicted molar refractivity (Wildman–Crippen MR) is 64.1 cm³/mol. The van der Waals surface area contributed by atoms with Crippen molar-refractivity contribution in [2.75, 3.05) is 0 Å². The van der Waals surface area contributed by atoms with Crippen molar-refractivity contribution in [3.63, 3.8) is 0 Å². The van der Waals surface area contributed by atoms with Crippen LogP contribution in [0, 0.1) is 5.82 Å². The SMILES string of the molecule is CC1=Cc2c(ccc(OC(C)(C)C)c2F)C1. The van der Waals surface area contributed by atoms with E-state index in [1.165, 1.54) is 5.57 Å². The first-order chi connectivity index (χ1) is 7.37. The van der Waals surface area contributed by atoms with Crippen LogP contribution >= 0.6 is 0 Å². The summed E-state index contributed by atoms with van der Waals surface area (Å²) < 4.78 is 19.7. The molecule has 0 spiro atoms. The topological polar surface area (TPSA) is 9.23 Å². The number of hydrogen-bond acceptors (Lipinski definition) is 1. The second-order valence-corrected chi connectivity index (χ2v) is 5.33. The van der Waals surface area contributed by atoms with Crippen molar-refractivity contribution in [2.45, 2.75) is 39.7 Å². The molecule has 0 aromatic heterocycles. The summed E-state index contributed by atoms with van der Waals surface area (Å²) in [6, 6.07) is 3.68. The molecule has 0 radical (unpaired) electrons. The number of benzene rings is 1. The Bertz CT molecular complexity index is 453. The van der Waals surface area contributed by atoms with Crippen LogP contribution in [0.3, 0.4) is 0 Å². The van der Waals surface area contributed by atoms with Crippen LogP contribution in [0.5, 0.6) is 5.75 Å². The van der Waals surface area contributed by atoms with Crippen molar-refractivity contribution in [3.05, 3.63) is 34.6 Å². The summed E-state index contributed by atoms with van der Waals surface area (Å²) in [7, 11) is 0. The average molecular weight is 220 g/mol. The quantitative estimate of drug-likeness (QED) is 0.696. The summed E-state index contributed by atoms with van der Waals surface area (Å²) in [4.78, 5) is 0. The molecule has 0 saturated heterocycles. The molecule has 0 bridgehead atoms. The fourth-order valence-electron chi connectivity index (χ4n) is 1.93. The van der Waals surface area contributed by atoms with E-state index in [0.717, 1.165) is 12.0 Å². The molecule has 1 aliphatic carbocycles. The summed E-state index contributed by atoms with van der Waals surface area (Å²) in [6.07, 6.45) is 2.75. The number of ether oxygens (including phenoxy) is 1. The lowest BCUT2D eigenvalue weighted by atomic mass is 10.1. The van der Waals surface area contributed by atoms with Gasteiger partial charge in [-0.2, -0.15) is 0 Å². The fourth-order valence-corrected chi connectivity index (χ4v) is 1.93. The van der Waals surface area contributed by atoms with Crippen molar-refractivity contribution in [1.82, 2.24) is 0 Å². The van der Waals surface area contributed by atoms with Gasteiger partial charge in [0, 0.05) is 5.56 Å². The molecule has 1 aromatic carbocycles. The van der Waals surface area contributed by atoms with Crippen molar-refractivity contribution < 1.29 is 9.13 Å². The fraction of sp³-hybridized carbons (Fsp3) is 0.429. The van der Waals surface area contributed by atoms with Crippen LogP contribution in [0.25, 0.3) is 6.08 Å². The minimum atomic E-state index is -0.369. The van der Waals surface area contributed by atoms with Crippen LogP contribution in [0.2, 0.25) is 0 Å². The first-order valence-electron chi connectivity index (χ1n) is 5.54. The molecule has 1 aromatic rings. The van der Waals surface area contributed by atoms with Crippen LogP contribution in [-0.2, 0) is 6.42 Å². The molecule has 0 amide bonds. The summed E-state index contributed by atoms with van der Waals surface area (Å²) >= 11 is 0. The van der Waals surface area contributed by atoms with E-state index in [4.69, 9.17) is 4.74 Å². The van der Waals surface area contributed by atoms with Crippen LogP contribution in [0.15, 0.2) is 17.7 Å². The number of halogens is 1. The Morgan fingerprint density at radius 2 is 1.94 bits per heavy atom. The smallest absolute Gasteiger partial charge is 0.172 e. The third-order valence-electron chi connectivity index (χ3n) is 2.51. The normalized spacial score (nSPS) is 14.7. The lowest BCUT2D eigenvalue weighted by Crippen LogP contribution is -2.23. The van der Waals surface area contributed by atoms with E-state index in [2.05, 4.69) is 0 Å². The van der Waals surface area contributed by atoms with Crippen molar-refractivity contribution in [3.8, 4) is 5.75 Å². The van der Waals surface area contributed by atoms with E-state index < -0.39 is 0 Å². The Hall–Kier alpha value is -1.31. The summed E-state index contributed by atoms with van der Waals surface area (Å²) in [5, 5.41) is 0. The van der Waals surface area contributed by atoms with Crippen molar-refractivity contribution in [1.29, 1.82) is 0 Å². The summed E-state index contributed by atoms with van der Waals surface area (Å²) in [6.45, 7) is 7.77. The zero-order valence-electron chi connectivity index (χ0n) is 10.2. The minimum Gasteiger partial charge on any atom is -0.485 e. The highest BCUT2D eigenvalue weighted by Crippen LogP contribution is 2.33. The van der Waals surface area contributed by atoms with Gasteiger partial charge in [-0.1, -0.05) is 17.7 Å². The van der Waals surface area contributed by atoms with Gasteiger partial charge in [-0.3, -0.25) is 0 Å². The van der Waals surface area contributed by atoms with Crippen LogP contribution in [0.1, 0.15) is 38.8 Å². The third kappa shape index (κ3) is 2.11. The van der Waals surface area contributed by atoms with Crippen LogP contribution < -0.4 is 4.74 Å². The van der Waals surface area contributed by atoms with Gasteiger partial charge in [-0.05, 0) is 45.7 Å². The molecule has 0 unspecified atom stereocenters. The second-order valence-electron chi connectivity index (χ2n) is 5.33. The maximum absolute atomic E-state index is 14.1. The van der Waals surface area contributed by atoms with E-state index in [9.17, 15) is 4.39 Å². The highest BCUT2D eigenvalue weighted by atomic mass is 19.1. The van der Waals surface area contributed by atoms with Gasteiger partial charge in [-0.25, -0.2) is 4.39 Å². The van der Waals surface area contributed by atoms with E-state index in [1.807, 2.05) is 39.8 Å². The molecule has 1 nitrogen and oxygen atoms in total. The Morgan fingerprint density at radius 1 is 1.25 bits per heavy atom. The average Bonchev–Trinajstić information content (AvgIpc) is 2.50. The van der Waals surface area contributed by atoms with Crippen LogP contribution in [0.4, 0.5) is 4.39 Å². The van der Waals surface area contributed by atoms with Crippen LogP contribution in [-0.4, -0.2) is 5.60 Å². The van der Waals surface area contributed by atoms with Gasteiger partial charge in [0.05, 0.1) is 0 Å². The van der Waals surface area contributed by atoms with Gasteiger partial charge < -0.3 is 4.74 Å². The van der Waals surface area contributed by atoms with Gasteiger partial charge in [0.1, 0.15) is 5.60 Å². The zero-order valence-corrected chi connectivity index (χ0v) is 10.2. The Kier molecular flexibility index (Phi) is 2.53. The maximum atomic E-state index is 14.1. The first-order valence-corrected chi connectivity index (χ1v) is 5.54. The molecule has 0 saturated carbocycles. The molecule has 0 atom stereocenters. The molecule has 0 heterocycles. The predicted octanol–water partition coefficient (Wildman–Crippen LogP) is 3.96. The van der Waals surface area contributed by atoms with E-state index >= 15 is 0 Å². The first kappa shape index (κ1) is 11.2. The minimum absolute atomic E-state index is 0.232.